The van der Waals surface area contributed by atoms with Crippen LogP contribution in [-0.2, 0) is 25.1 Å². The maximum atomic E-state index is 5.50. The lowest BCUT2D eigenvalue weighted by atomic mass is 10.1. The van der Waals surface area contributed by atoms with E-state index in [0.717, 1.165) is 41.5 Å². The number of hydrogen-bond acceptors (Lipinski definition) is 7. The largest absolute Gasteiger partial charge is 0.338 e. The van der Waals surface area contributed by atoms with Crippen LogP contribution in [0.15, 0.2) is 81.8 Å². The van der Waals surface area contributed by atoms with Crippen LogP contribution in [0.25, 0.3) is 11.4 Å². The first-order chi connectivity index (χ1) is 16.2. The molecule has 0 N–H and O–H groups in total. The van der Waals surface area contributed by atoms with Crippen molar-refractivity contribution >= 4 is 23.1 Å². The molecule has 5 aromatic rings. The smallest absolute Gasteiger partial charge is 0.237 e. The fourth-order valence-electron chi connectivity index (χ4n) is 3.58. The highest BCUT2D eigenvalue weighted by Crippen LogP contribution is 2.25. The van der Waals surface area contributed by atoms with E-state index in [4.69, 9.17) is 4.52 Å². The van der Waals surface area contributed by atoms with Crippen molar-refractivity contribution in [1.82, 2.24) is 24.9 Å². The quantitative estimate of drug-likeness (QED) is 0.251. The van der Waals surface area contributed by atoms with E-state index >= 15 is 0 Å². The third-order valence-corrected chi connectivity index (χ3v) is 7.07. The topological polar surface area (TPSA) is 69.6 Å². The second-order valence-electron chi connectivity index (χ2n) is 7.71. The van der Waals surface area contributed by atoms with E-state index in [1.54, 1.807) is 23.1 Å². The van der Waals surface area contributed by atoms with Crippen molar-refractivity contribution in [1.29, 1.82) is 0 Å². The molecule has 0 fully saturated rings. The highest BCUT2D eigenvalue weighted by molar-refractivity contribution is 7.98. The summed E-state index contributed by atoms with van der Waals surface area (Å²) in [5, 5.41) is 16.1. The monoisotopic (exact) mass is 473 g/mol. The van der Waals surface area contributed by atoms with Crippen molar-refractivity contribution in [3.8, 4) is 11.4 Å². The summed E-state index contributed by atoms with van der Waals surface area (Å²) in [5.74, 6) is 2.70. The van der Waals surface area contributed by atoms with Crippen LogP contribution in [0.2, 0.25) is 0 Å². The first-order valence-electron chi connectivity index (χ1n) is 10.8. The average molecular weight is 474 g/mol. The lowest BCUT2D eigenvalue weighted by Crippen LogP contribution is -2.08. The zero-order chi connectivity index (χ0) is 22.5. The van der Waals surface area contributed by atoms with Crippen molar-refractivity contribution in [2.75, 3.05) is 0 Å². The molecule has 0 aliphatic heterocycles. The molecular weight excluding hydrogens is 450 g/mol. The molecule has 0 spiro atoms. The van der Waals surface area contributed by atoms with Crippen LogP contribution >= 0.6 is 23.1 Å². The van der Waals surface area contributed by atoms with Crippen LogP contribution in [0, 0.1) is 6.92 Å². The van der Waals surface area contributed by atoms with Gasteiger partial charge in [-0.05, 0) is 36.4 Å². The van der Waals surface area contributed by atoms with E-state index < -0.39 is 0 Å². The van der Waals surface area contributed by atoms with Crippen molar-refractivity contribution in [2.24, 2.45) is 0 Å². The molecule has 8 heteroatoms. The SMILES string of the molecule is Cc1cccc(-c2noc(CSc3nnc(Cc4cccs4)n3CCc3ccccc3)n2)c1. The van der Waals surface area contributed by atoms with Gasteiger partial charge in [-0.1, -0.05) is 77.1 Å². The van der Waals surface area contributed by atoms with Crippen LogP contribution in [0.4, 0.5) is 0 Å². The second-order valence-corrected chi connectivity index (χ2v) is 9.69. The highest BCUT2D eigenvalue weighted by atomic mass is 32.2. The van der Waals surface area contributed by atoms with Gasteiger partial charge < -0.3 is 9.09 Å². The first kappa shape index (κ1) is 21.6. The van der Waals surface area contributed by atoms with E-state index in [1.807, 2.05) is 18.2 Å². The maximum absolute atomic E-state index is 5.50. The average Bonchev–Trinajstić information content (AvgIpc) is 3.59. The summed E-state index contributed by atoms with van der Waals surface area (Å²) in [4.78, 5) is 5.85. The van der Waals surface area contributed by atoms with E-state index in [9.17, 15) is 0 Å². The van der Waals surface area contributed by atoms with Crippen LogP contribution in [0.1, 0.15) is 27.7 Å². The van der Waals surface area contributed by atoms with Gasteiger partial charge in [-0.2, -0.15) is 4.98 Å². The lowest BCUT2D eigenvalue weighted by Gasteiger charge is -2.09. The van der Waals surface area contributed by atoms with Crippen LogP contribution in [-0.4, -0.2) is 24.9 Å². The molecule has 3 heterocycles. The van der Waals surface area contributed by atoms with E-state index in [-0.39, 0.29) is 0 Å². The molecule has 2 aromatic carbocycles. The molecule has 0 aliphatic rings. The Balaban J connectivity index is 1.32. The predicted molar refractivity (Wildman–Crippen MR) is 131 cm³/mol. The highest BCUT2D eigenvalue weighted by Gasteiger charge is 2.16. The molecule has 5 rings (SSSR count). The maximum Gasteiger partial charge on any atom is 0.237 e. The zero-order valence-corrected chi connectivity index (χ0v) is 19.9. The third kappa shape index (κ3) is 5.40. The standard InChI is InChI=1S/C25H23N5OS2/c1-18-7-5-10-20(15-18)24-26-23(31-29-24)17-33-25-28-27-22(16-21-11-6-14-32-21)30(25)13-12-19-8-3-2-4-9-19/h2-11,14-15H,12-13,16-17H2,1H3. The van der Waals surface area contributed by atoms with Gasteiger partial charge in [0.1, 0.15) is 5.82 Å². The Kier molecular flexibility index (Phi) is 6.64. The summed E-state index contributed by atoms with van der Waals surface area (Å²) >= 11 is 3.32. The molecule has 166 valence electrons. The fourth-order valence-corrected chi connectivity index (χ4v) is 5.10. The van der Waals surface area contributed by atoms with Crippen LogP contribution in [0.5, 0.6) is 0 Å². The molecule has 0 amide bonds. The van der Waals surface area contributed by atoms with Crippen LogP contribution < -0.4 is 0 Å². The summed E-state index contributed by atoms with van der Waals surface area (Å²) in [7, 11) is 0. The molecular formula is C25H23N5OS2. The number of aryl methyl sites for hydroxylation is 2. The molecule has 0 unspecified atom stereocenters. The van der Waals surface area contributed by atoms with Crippen molar-refractivity contribution in [3.05, 3.63) is 99.8 Å². The minimum Gasteiger partial charge on any atom is -0.338 e. The predicted octanol–water partition coefficient (Wildman–Crippen LogP) is 5.82. The number of thioether (sulfide) groups is 1. The molecule has 0 radical (unpaired) electrons. The number of thiophene rings is 1. The first-order valence-corrected chi connectivity index (χ1v) is 12.6. The van der Waals surface area contributed by atoms with Gasteiger partial charge in [0.2, 0.25) is 11.7 Å². The Morgan fingerprint density at radius 3 is 2.73 bits per heavy atom. The normalized spacial score (nSPS) is 11.2. The molecule has 0 bridgehead atoms. The van der Waals surface area contributed by atoms with Gasteiger partial charge in [0.25, 0.3) is 0 Å². The Bertz CT molecular complexity index is 1310. The molecule has 0 saturated carbocycles. The van der Waals surface area contributed by atoms with E-state index in [0.29, 0.717) is 17.5 Å². The van der Waals surface area contributed by atoms with Gasteiger partial charge in [-0.15, -0.1) is 21.5 Å². The van der Waals surface area contributed by atoms with Gasteiger partial charge in [0.05, 0.1) is 5.75 Å². The van der Waals surface area contributed by atoms with Gasteiger partial charge in [0.15, 0.2) is 5.16 Å². The molecule has 0 saturated heterocycles. The van der Waals surface area contributed by atoms with Gasteiger partial charge >= 0.3 is 0 Å². The Labute approximate surface area is 200 Å². The van der Waals surface area contributed by atoms with Gasteiger partial charge in [0, 0.05) is 23.4 Å². The van der Waals surface area contributed by atoms with Gasteiger partial charge in [-0.25, -0.2) is 0 Å². The van der Waals surface area contributed by atoms with Crippen LogP contribution in [0.3, 0.4) is 0 Å². The van der Waals surface area contributed by atoms with Gasteiger partial charge in [-0.3, -0.25) is 0 Å². The minimum absolute atomic E-state index is 0.543. The Hall–Kier alpha value is -3.23. The van der Waals surface area contributed by atoms with E-state index in [2.05, 4.69) is 85.7 Å². The number of rotatable bonds is 9. The Morgan fingerprint density at radius 2 is 1.91 bits per heavy atom. The number of hydrogen-bond donors (Lipinski definition) is 0. The zero-order valence-electron chi connectivity index (χ0n) is 18.2. The summed E-state index contributed by atoms with van der Waals surface area (Å²) in [5.41, 5.74) is 3.42. The minimum atomic E-state index is 0.543. The third-order valence-electron chi connectivity index (χ3n) is 5.24. The van der Waals surface area contributed by atoms with Crippen molar-refractivity contribution in [2.45, 2.75) is 37.2 Å². The number of nitrogens with zero attached hydrogens (tertiary/aromatic N) is 5. The molecule has 0 atom stereocenters. The number of benzene rings is 2. The van der Waals surface area contributed by atoms with Crippen molar-refractivity contribution in [3.63, 3.8) is 0 Å². The summed E-state index contributed by atoms with van der Waals surface area (Å²) in [6.07, 6.45) is 1.69. The molecule has 3 aromatic heterocycles. The van der Waals surface area contributed by atoms with E-state index in [1.165, 1.54) is 10.4 Å². The summed E-state index contributed by atoms with van der Waals surface area (Å²) in [6.45, 7) is 2.87. The summed E-state index contributed by atoms with van der Waals surface area (Å²) in [6, 6.07) is 22.8. The lowest BCUT2D eigenvalue weighted by molar-refractivity contribution is 0.391. The van der Waals surface area contributed by atoms with Crippen molar-refractivity contribution < 1.29 is 4.52 Å². The molecule has 0 aliphatic carbocycles. The Morgan fingerprint density at radius 1 is 1.00 bits per heavy atom. The fraction of sp³-hybridized carbons (Fsp3) is 0.200. The molecule has 6 nitrogen and oxygen atoms in total. The molecule has 33 heavy (non-hydrogen) atoms. The number of aromatic nitrogens is 5. The summed E-state index contributed by atoms with van der Waals surface area (Å²) < 4.78 is 7.72. The second kappa shape index (κ2) is 10.1.